The molecule has 18 N–H and O–H groups in total. The van der Waals surface area contributed by atoms with Crippen LogP contribution in [-0.4, -0.2) is 266 Å². The smallest absolute Gasteiger partial charge is 0.305 e. The molecule has 115 heavy (non-hydrogen) atoms. The summed E-state index contributed by atoms with van der Waals surface area (Å²) in [5.41, 5.74) is 0.160. The molecule has 38 nitrogen and oxygen atoms in total. The molecule has 0 aliphatic carbocycles. The molecule has 5 aromatic rings. The molecule has 3 aliphatic rings. The van der Waals surface area contributed by atoms with Crippen LogP contribution in [-0.2, 0) is 96.0 Å². The molecule has 0 radical (unpaired) electrons. The number of carboxylic acids is 2. The number of amides is 14. The van der Waals surface area contributed by atoms with Gasteiger partial charge < -0.3 is 109 Å². The molecule has 0 saturated carbocycles. The molecule has 14 amide bonds. The highest BCUT2D eigenvalue weighted by Crippen LogP contribution is 2.28. The zero-order valence-corrected chi connectivity index (χ0v) is 67.2. The minimum Gasteiger partial charge on any atom is -0.481 e. The number of H-pyrrole nitrogens is 3. The van der Waals surface area contributed by atoms with E-state index in [1.807, 2.05) is 0 Å². The summed E-state index contributed by atoms with van der Waals surface area (Å²) in [7, 11) is -3.13. The maximum atomic E-state index is 14.8. The summed E-state index contributed by atoms with van der Waals surface area (Å²) in [4.78, 5) is 257. The maximum Gasteiger partial charge on any atom is 0.305 e. The van der Waals surface area contributed by atoms with E-state index in [1.165, 1.54) is 22.3 Å². The van der Waals surface area contributed by atoms with Crippen molar-refractivity contribution in [2.45, 2.75) is 177 Å². The second-order valence-corrected chi connectivity index (χ2v) is 32.8. The van der Waals surface area contributed by atoms with Crippen LogP contribution in [0.2, 0.25) is 6.04 Å². The molecule has 3 fully saturated rings. The number of thiol groups is 2. The quantitative estimate of drug-likeness (QED) is 0.0237. The minimum atomic E-state index is -3.13. The number of aromatic amines is 3. The first-order valence-electron chi connectivity index (χ1n) is 37.9. The zero-order chi connectivity index (χ0) is 83.8. The van der Waals surface area contributed by atoms with Crippen LogP contribution in [0.15, 0.2) is 73.4 Å². The normalized spacial score (nSPS) is 25.6. The summed E-state index contributed by atoms with van der Waals surface area (Å²) in [5.74, 6) is -16.6. The number of hydrogen-bond acceptors (Lipinski definition) is 21. The Balaban J connectivity index is 1.08. The Labute approximate surface area is 673 Å². The van der Waals surface area contributed by atoms with E-state index in [4.69, 9.17) is 0 Å². The number of hydrogen-bond donors (Lipinski definition) is 20. The summed E-state index contributed by atoms with van der Waals surface area (Å²) in [6, 6.07) is -0.327. The van der Waals surface area contributed by atoms with Crippen LogP contribution in [0.25, 0.3) is 21.8 Å². The first kappa shape index (κ1) is 89.3. The molecule has 3 aliphatic heterocycles. The van der Waals surface area contributed by atoms with E-state index < -0.39 is 226 Å². The van der Waals surface area contributed by atoms with Gasteiger partial charge in [0.05, 0.1) is 32.4 Å². The minimum absolute atomic E-state index is 0.0193. The van der Waals surface area contributed by atoms with Gasteiger partial charge in [0.1, 0.15) is 72.2 Å². The number of carboxylic acid groups (broad SMARTS) is 2. The van der Waals surface area contributed by atoms with Gasteiger partial charge in [-0.1, -0.05) is 71.0 Å². The Morgan fingerprint density at radius 3 is 1.64 bits per heavy atom. The van der Waals surface area contributed by atoms with E-state index in [2.05, 4.69) is 114 Å². The Morgan fingerprint density at radius 2 is 1.09 bits per heavy atom. The van der Waals surface area contributed by atoms with Crippen LogP contribution in [0.5, 0.6) is 0 Å². The third kappa shape index (κ3) is 24.9. The van der Waals surface area contributed by atoms with E-state index in [9.17, 15) is 91.7 Å². The van der Waals surface area contributed by atoms with Gasteiger partial charge in [-0.25, -0.2) is 4.98 Å². The summed E-state index contributed by atoms with van der Waals surface area (Å²) in [6.07, 6.45) is 4.04. The Kier molecular flexibility index (Phi) is 32.8. The maximum absolute atomic E-state index is 14.8. The number of nitrogens with one attached hydrogen (secondary N) is 16. The Hall–Kier alpha value is -11.2. The molecular weight excluding hydrogens is 1550 g/mol. The van der Waals surface area contributed by atoms with Crippen LogP contribution < -0.4 is 68.8 Å². The zero-order valence-electron chi connectivity index (χ0n) is 64.2. The Bertz CT molecular complexity index is 4390. The lowest BCUT2D eigenvalue weighted by Crippen LogP contribution is -2.62. The number of imidazole rings is 1. The van der Waals surface area contributed by atoms with E-state index in [0.29, 0.717) is 45.0 Å². The lowest BCUT2D eigenvalue weighted by Gasteiger charge is -2.33. The first-order chi connectivity index (χ1) is 54.8. The number of carbonyl (C=O) groups is 17. The number of benzene rings is 2. The first-order valence-corrected chi connectivity index (χ1v) is 41.2. The number of aliphatic carboxylic acids is 2. The average molecular weight is 1650 g/mol. The van der Waals surface area contributed by atoms with Crippen molar-refractivity contribution in [3.05, 3.63) is 90.3 Å². The number of carbonyl (C=O) groups excluding carboxylic acids is 15. The molecule has 3 aromatic heterocycles. The van der Waals surface area contributed by atoms with Gasteiger partial charge in [-0.2, -0.15) is 25.3 Å². The van der Waals surface area contributed by atoms with Crippen molar-refractivity contribution in [2.24, 2.45) is 11.8 Å². The molecule has 622 valence electrons. The molecule has 0 spiro atoms. The number of rotatable bonds is 18. The molecule has 12 atom stereocenters. The third-order valence-corrected chi connectivity index (χ3v) is 23.1. The standard InChI is InChI=1S/C74H101N19O19S2Si/c1-6-115-73(112)93-22-12-18-56(93)72(111)92-21-11-17-55(92)70(109)85-52(27-61(100)101)68(107)87-53(34-113)64(103)79-32-58(96)82-49(24-41-28-77-46-15-9-7-13-44(41)46)65(104)84-51(26-43-30-76-38-81-43)67(106)83-48(23-39(2)3)63(102)80-33-59(97)90-74(37-94,20-19-60(98)99)36-75-31-57(95)89-62(40(4)5)71(110)86-50(66(105)88-54(35-114)69(108)91-115)25-42-29-78-47-16-10-8-14-45(42)47/h7-10,13-16,28-30,37-40,48-56,62,75,77-78,113-115H,6,11-12,17-27,31-36H2,1-5H3,(H,76,81)(H,79,103)(H,80,102)(H,82,96)(H,83,106)(H,84,104)(H,85,109)(H,86,110)(H,87,107)(H,88,105)(H,89,95)(H,90,97)(H,91,108)(H,98,99)(H,100,101)/t48-,49-,50-,51-,52-,53-,54-,55-,56+,62-,74-,115?/m0/s1. The van der Waals surface area contributed by atoms with Gasteiger partial charge in [-0.05, 0) is 79.7 Å². The molecule has 3 saturated heterocycles. The van der Waals surface area contributed by atoms with Gasteiger partial charge in [-0.3, -0.25) is 76.7 Å². The van der Waals surface area contributed by atoms with Gasteiger partial charge in [0.2, 0.25) is 91.3 Å². The predicted molar refractivity (Wildman–Crippen MR) is 424 cm³/mol. The molecule has 1 unspecified atom stereocenters. The second-order valence-electron chi connectivity index (χ2n) is 29.4. The fourth-order valence-electron chi connectivity index (χ4n) is 13.9. The van der Waals surface area contributed by atoms with Crippen molar-refractivity contribution < 1.29 is 91.7 Å². The van der Waals surface area contributed by atoms with Crippen LogP contribution in [0.4, 0.5) is 4.79 Å². The van der Waals surface area contributed by atoms with Crippen molar-refractivity contribution in [1.29, 1.82) is 0 Å². The van der Waals surface area contributed by atoms with E-state index in [-0.39, 0.29) is 82.0 Å². The highest BCUT2D eigenvalue weighted by Gasteiger charge is 2.46. The molecule has 41 heteroatoms. The van der Waals surface area contributed by atoms with Gasteiger partial charge in [0.25, 0.3) is 0 Å². The highest BCUT2D eigenvalue weighted by molar-refractivity contribution is 7.80. The van der Waals surface area contributed by atoms with Crippen LogP contribution in [0, 0.1) is 11.8 Å². The number of aromatic nitrogens is 4. The average Bonchev–Trinajstić information content (AvgIpc) is 1.68. The molecule has 0 bridgehead atoms. The number of fused-ring (bicyclic) bond motifs is 4. The highest BCUT2D eigenvalue weighted by atomic mass is 32.1. The fraction of sp³-hybridized carbons (Fsp3) is 0.514. The number of nitrogens with zero attached hydrogens (tertiary/aromatic N) is 3. The van der Waals surface area contributed by atoms with Gasteiger partial charge in [-0.15, -0.1) is 0 Å². The molecular formula is C74H101N19O19S2Si. The topological polar surface area (TPSA) is 554 Å². The van der Waals surface area contributed by atoms with Crippen LogP contribution >= 0.6 is 25.3 Å². The molecule has 2 aromatic carbocycles. The van der Waals surface area contributed by atoms with Crippen molar-refractivity contribution >= 4 is 157 Å². The van der Waals surface area contributed by atoms with Crippen molar-refractivity contribution in [2.75, 3.05) is 50.8 Å². The summed E-state index contributed by atoms with van der Waals surface area (Å²) >= 11 is 8.63. The third-order valence-electron chi connectivity index (χ3n) is 20.0. The van der Waals surface area contributed by atoms with Gasteiger partial charge >= 0.3 is 11.9 Å². The largest absolute Gasteiger partial charge is 0.481 e. The van der Waals surface area contributed by atoms with Crippen LogP contribution in [0.3, 0.4) is 0 Å². The molecule has 6 heterocycles. The predicted octanol–water partition coefficient (Wildman–Crippen LogP) is -2.91. The van der Waals surface area contributed by atoms with E-state index in [0.717, 1.165) is 0 Å². The number of aldehydes is 1. The van der Waals surface area contributed by atoms with E-state index in [1.54, 1.807) is 95.5 Å². The van der Waals surface area contributed by atoms with Crippen molar-refractivity contribution in [3.63, 3.8) is 0 Å². The van der Waals surface area contributed by atoms with Crippen LogP contribution in [0.1, 0.15) is 103 Å². The van der Waals surface area contributed by atoms with E-state index >= 15 is 0 Å². The van der Waals surface area contributed by atoms with Crippen molar-refractivity contribution in [3.8, 4) is 0 Å². The number of para-hydroxylation sites is 2. The second kappa shape index (κ2) is 42.2. The lowest BCUT2D eigenvalue weighted by molar-refractivity contribution is -0.144. The molecule has 8 rings (SSSR count). The SMILES string of the molecule is CC[SiH]1NC(=O)[C@H](CS)NC(=O)[C@H](Cc2c[nH]c3ccccc23)NC(=O)[C@H](C(C)C)NC(=O)CNC[C@](C=O)(CCC(=O)O)NC(=O)CNC(=O)[C@H](CC(C)C)NC(=O)[C@H](Cc2cnc[nH]2)NC(=O)[C@H](Cc2c[nH]c3ccccc23)NC(=O)CNC(=O)[C@H](CS)NC(=O)[C@H](CC(=O)O)NC(=O)[C@@H]2CCCN2C(=O)[C@H]2CCCN2C1=O. The van der Waals surface area contributed by atoms with Crippen molar-refractivity contribution in [1.82, 2.24) is 98.5 Å². The summed E-state index contributed by atoms with van der Waals surface area (Å²) < 4.78 is 0. The Morgan fingerprint density at radius 1 is 0.574 bits per heavy atom. The summed E-state index contributed by atoms with van der Waals surface area (Å²) in [6.45, 7) is 5.50. The lowest BCUT2D eigenvalue weighted by atomic mass is 9.94. The monoisotopic (exact) mass is 1650 g/mol. The fourth-order valence-corrected chi connectivity index (χ4v) is 16.4. The van der Waals surface area contributed by atoms with Gasteiger partial charge in [0.15, 0.2) is 0 Å². The van der Waals surface area contributed by atoms with Gasteiger partial charge in [0, 0.05) is 103 Å². The summed E-state index contributed by atoms with van der Waals surface area (Å²) in [5, 5.41) is 51.9.